The molecule has 1 aromatic carbocycles. The highest BCUT2D eigenvalue weighted by molar-refractivity contribution is 6.04. The molecule has 1 aromatic rings. The number of imide groups is 1. The third-order valence-electron chi connectivity index (χ3n) is 2.99. The summed E-state index contributed by atoms with van der Waals surface area (Å²) in [5.74, 6) is -0.424. The van der Waals surface area contributed by atoms with Crippen molar-refractivity contribution >= 4 is 23.5 Å². The molecule has 0 saturated carbocycles. The first-order valence-electron chi connectivity index (χ1n) is 6.76. The Labute approximate surface area is 123 Å². The fourth-order valence-corrected chi connectivity index (χ4v) is 2.10. The fraction of sp³-hybridized carbons (Fsp3) is 0.400. The van der Waals surface area contributed by atoms with Gasteiger partial charge in [0.15, 0.2) is 0 Å². The van der Waals surface area contributed by atoms with Crippen LogP contribution in [-0.4, -0.2) is 17.8 Å². The van der Waals surface area contributed by atoms with E-state index in [2.05, 4.69) is 16.0 Å². The van der Waals surface area contributed by atoms with Crippen molar-refractivity contribution in [1.29, 1.82) is 0 Å². The van der Waals surface area contributed by atoms with E-state index in [1.54, 1.807) is 24.3 Å². The molecule has 0 aromatic heterocycles. The molecule has 112 valence electrons. The van der Waals surface area contributed by atoms with Crippen molar-refractivity contribution in [3.63, 3.8) is 0 Å². The second-order valence-corrected chi connectivity index (χ2v) is 6.30. The molecule has 1 aliphatic rings. The lowest BCUT2D eigenvalue weighted by molar-refractivity contribution is -0.120. The zero-order valence-electron chi connectivity index (χ0n) is 12.3. The number of anilines is 1. The standard InChI is InChI=1S/C15H19N3O3/c1-15(2,3)8-11(19)16-10-6-4-9(5-7-10)12-13(20)18-14(21)17-12/h4-7,12H,8H2,1-3H3,(H,16,19)(H2,17,18,20,21). The molecular weight excluding hydrogens is 270 g/mol. The molecule has 0 radical (unpaired) electrons. The SMILES string of the molecule is CC(C)(C)CC(=O)Nc1ccc(C2NC(=O)NC2=O)cc1. The summed E-state index contributed by atoms with van der Waals surface area (Å²) >= 11 is 0. The first kappa shape index (κ1) is 15.0. The molecule has 1 aliphatic heterocycles. The van der Waals surface area contributed by atoms with Gasteiger partial charge >= 0.3 is 6.03 Å². The predicted molar refractivity (Wildman–Crippen MR) is 78.6 cm³/mol. The van der Waals surface area contributed by atoms with Crippen molar-refractivity contribution in [2.24, 2.45) is 5.41 Å². The number of nitrogens with one attached hydrogen (secondary N) is 3. The van der Waals surface area contributed by atoms with Gasteiger partial charge in [-0.25, -0.2) is 4.79 Å². The van der Waals surface area contributed by atoms with E-state index in [4.69, 9.17) is 0 Å². The number of amides is 4. The Morgan fingerprint density at radius 2 is 1.81 bits per heavy atom. The number of hydrogen-bond acceptors (Lipinski definition) is 3. The van der Waals surface area contributed by atoms with E-state index in [9.17, 15) is 14.4 Å². The van der Waals surface area contributed by atoms with E-state index in [0.717, 1.165) is 0 Å². The van der Waals surface area contributed by atoms with Gasteiger partial charge in [0.2, 0.25) is 5.91 Å². The summed E-state index contributed by atoms with van der Waals surface area (Å²) in [6, 6.07) is 5.69. The van der Waals surface area contributed by atoms with E-state index in [1.807, 2.05) is 20.8 Å². The summed E-state index contributed by atoms with van der Waals surface area (Å²) < 4.78 is 0. The van der Waals surface area contributed by atoms with E-state index in [-0.39, 0.29) is 17.2 Å². The van der Waals surface area contributed by atoms with Gasteiger partial charge < -0.3 is 10.6 Å². The molecule has 1 unspecified atom stereocenters. The van der Waals surface area contributed by atoms with E-state index < -0.39 is 12.1 Å². The molecule has 4 amide bonds. The number of urea groups is 1. The zero-order chi connectivity index (χ0) is 15.6. The second-order valence-electron chi connectivity index (χ2n) is 6.30. The largest absolute Gasteiger partial charge is 0.326 e. The summed E-state index contributed by atoms with van der Waals surface area (Å²) in [5.41, 5.74) is 1.26. The lowest BCUT2D eigenvalue weighted by Crippen LogP contribution is -2.22. The molecular formula is C15H19N3O3. The van der Waals surface area contributed by atoms with E-state index in [1.165, 1.54) is 0 Å². The zero-order valence-corrected chi connectivity index (χ0v) is 12.3. The third-order valence-corrected chi connectivity index (χ3v) is 2.99. The highest BCUT2D eigenvalue weighted by Crippen LogP contribution is 2.21. The molecule has 1 atom stereocenters. The summed E-state index contributed by atoms with van der Waals surface area (Å²) in [6.45, 7) is 5.99. The minimum Gasteiger partial charge on any atom is -0.326 e. The van der Waals surface area contributed by atoms with Crippen molar-refractivity contribution < 1.29 is 14.4 Å². The topological polar surface area (TPSA) is 87.3 Å². The summed E-state index contributed by atoms with van der Waals surface area (Å²) in [5, 5.41) is 7.51. The van der Waals surface area contributed by atoms with Crippen LogP contribution in [0.25, 0.3) is 0 Å². The lowest BCUT2D eigenvalue weighted by atomic mass is 9.92. The van der Waals surface area contributed by atoms with Crippen molar-refractivity contribution in [3.05, 3.63) is 29.8 Å². The number of carbonyl (C=O) groups is 3. The molecule has 0 aliphatic carbocycles. The number of carbonyl (C=O) groups excluding carboxylic acids is 3. The van der Waals surface area contributed by atoms with E-state index in [0.29, 0.717) is 17.7 Å². The van der Waals surface area contributed by atoms with Gasteiger partial charge in [0.05, 0.1) is 0 Å². The fourth-order valence-electron chi connectivity index (χ4n) is 2.10. The minimum absolute atomic E-state index is 0.0536. The third kappa shape index (κ3) is 4.05. The smallest absolute Gasteiger partial charge is 0.322 e. The Morgan fingerprint density at radius 3 is 2.29 bits per heavy atom. The lowest BCUT2D eigenvalue weighted by Gasteiger charge is -2.17. The highest BCUT2D eigenvalue weighted by Gasteiger charge is 2.30. The van der Waals surface area contributed by atoms with Gasteiger partial charge in [0.1, 0.15) is 6.04 Å². The van der Waals surface area contributed by atoms with Crippen molar-refractivity contribution in [3.8, 4) is 0 Å². The van der Waals surface area contributed by atoms with Gasteiger partial charge in [-0.15, -0.1) is 0 Å². The molecule has 6 heteroatoms. The molecule has 1 heterocycles. The van der Waals surface area contributed by atoms with Gasteiger partial charge in [-0.05, 0) is 23.1 Å². The van der Waals surface area contributed by atoms with Gasteiger partial charge in [0.25, 0.3) is 5.91 Å². The van der Waals surface area contributed by atoms with Gasteiger partial charge in [-0.1, -0.05) is 32.9 Å². The van der Waals surface area contributed by atoms with Gasteiger partial charge in [0, 0.05) is 12.1 Å². The van der Waals surface area contributed by atoms with Crippen LogP contribution in [0.2, 0.25) is 0 Å². The number of rotatable bonds is 3. The van der Waals surface area contributed by atoms with Crippen LogP contribution >= 0.6 is 0 Å². The van der Waals surface area contributed by atoms with Crippen molar-refractivity contribution in [2.45, 2.75) is 33.2 Å². The maximum Gasteiger partial charge on any atom is 0.322 e. The van der Waals surface area contributed by atoms with Crippen molar-refractivity contribution in [2.75, 3.05) is 5.32 Å². The molecule has 3 N–H and O–H groups in total. The molecule has 2 rings (SSSR count). The highest BCUT2D eigenvalue weighted by atomic mass is 16.2. The monoisotopic (exact) mass is 289 g/mol. The summed E-state index contributed by atoms with van der Waals surface area (Å²) in [6.07, 6.45) is 0.426. The molecule has 1 saturated heterocycles. The Hall–Kier alpha value is -2.37. The molecule has 21 heavy (non-hydrogen) atoms. The first-order chi connectivity index (χ1) is 9.74. The summed E-state index contributed by atoms with van der Waals surface area (Å²) in [4.78, 5) is 34.5. The normalized spacial score (nSPS) is 18.1. The first-order valence-corrected chi connectivity index (χ1v) is 6.76. The summed E-state index contributed by atoms with van der Waals surface area (Å²) in [7, 11) is 0. The molecule has 0 spiro atoms. The molecule has 6 nitrogen and oxygen atoms in total. The second kappa shape index (κ2) is 5.55. The maximum atomic E-state index is 11.8. The van der Waals surface area contributed by atoms with Gasteiger partial charge in [-0.2, -0.15) is 0 Å². The maximum absolute atomic E-state index is 11.8. The van der Waals surface area contributed by atoms with Crippen molar-refractivity contribution in [1.82, 2.24) is 10.6 Å². The number of hydrogen-bond donors (Lipinski definition) is 3. The molecule has 0 bridgehead atoms. The Morgan fingerprint density at radius 1 is 1.19 bits per heavy atom. The average molecular weight is 289 g/mol. The van der Waals surface area contributed by atoms with E-state index >= 15 is 0 Å². The van der Waals surface area contributed by atoms with Crippen LogP contribution in [0, 0.1) is 5.41 Å². The van der Waals surface area contributed by atoms with Crippen LogP contribution < -0.4 is 16.0 Å². The van der Waals surface area contributed by atoms with Crippen LogP contribution in [-0.2, 0) is 9.59 Å². The number of benzene rings is 1. The van der Waals surface area contributed by atoms with Crippen LogP contribution in [0.1, 0.15) is 38.8 Å². The minimum atomic E-state index is -0.670. The predicted octanol–water partition coefficient (Wildman–Crippen LogP) is 1.94. The Balaban J connectivity index is 2.01. The van der Waals surface area contributed by atoms with Crippen LogP contribution in [0.15, 0.2) is 24.3 Å². The van der Waals surface area contributed by atoms with Crippen LogP contribution in [0.4, 0.5) is 10.5 Å². The van der Waals surface area contributed by atoms with Crippen LogP contribution in [0.3, 0.4) is 0 Å². The van der Waals surface area contributed by atoms with Crippen LogP contribution in [0.5, 0.6) is 0 Å². The Kier molecular flexibility index (Phi) is 3.97. The average Bonchev–Trinajstić information content (AvgIpc) is 2.67. The molecule has 1 fully saturated rings. The Bertz CT molecular complexity index is 573. The quantitative estimate of drug-likeness (QED) is 0.743. The van der Waals surface area contributed by atoms with Gasteiger partial charge in [-0.3, -0.25) is 14.9 Å².